The molecule has 0 spiro atoms. The molecule has 12 heteroatoms. The average molecular weight is 320 g/mol. The first-order valence-electron chi connectivity index (χ1n) is 5.24. The van der Waals surface area contributed by atoms with Crippen LogP contribution in [0.15, 0.2) is 25.8 Å². The molecule has 21 heavy (non-hydrogen) atoms. The quantitative estimate of drug-likeness (QED) is 0.591. The molecule has 0 saturated heterocycles. The normalized spacial score (nSPS) is 11.6. The molecule has 0 aromatic carbocycles. The first-order chi connectivity index (χ1) is 9.66. The van der Waals surface area contributed by atoms with Crippen molar-refractivity contribution in [3.8, 4) is 0 Å². The van der Waals surface area contributed by atoms with Crippen molar-refractivity contribution in [2.75, 3.05) is 5.73 Å². The molecule has 0 aliphatic carbocycles. The van der Waals surface area contributed by atoms with Gasteiger partial charge < -0.3 is 5.73 Å². The first kappa shape index (κ1) is 15.0. The number of alkyl halides is 3. The lowest BCUT2D eigenvalue weighted by molar-refractivity contribution is -0.145. The summed E-state index contributed by atoms with van der Waals surface area (Å²) in [6.07, 6.45) is -4.75. The van der Waals surface area contributed by atoms with Crippen molar-refractivity contribution in [3.63, 3.8) is 0 Å². The van der Waals surface area contributed by atoms with E-state index in [2.05, 4.69) is 20.1 Å². The summed E-state index contributed by atoms with van der Waals surface area (Å²) in [5.41, 5.74) is 3.28. The molecule has 2 aromatic heterocycles. The van der Waals surface area contributed by atoms with Crippen molar-refractivity contribution in [2.45, 2.75) is 16.4 Å². The molecule has 0 unspecified atom stereocenters. The molecule has 0 radical (unpaired) electrons. The minimum atomic E-state index is -4.75. The van der Waals surface area contributed by atoms with Gasteiger partial charge in [0.25, 0.3) is 0 Å². The van der Waals surface area contributed by atoms with Gasteiger partial charge in [-0.2, -0.15) is 18.2 Å². The largest absolute Gasteiger partial charge is 0.451 e. The third kappa shape index (κ3) is 3.39. The van der Waals surface area contributed by atoms with E-state index < -0.39 is 23.1 Å². The second-order valence-corrected chi connectivity index (χ2v) is 4.74. The zero-order valence-electron chi connectivity index (χ0n) is 10.3. The minimum Gasteiger partial charge on any atom is -0.384 e. The van der Waals surface area contributed by atoms with Gasteiger partial charge in [-0.25, -0.2) is 9.97 Å². The summed E-state index contributed by atoms with van der Waals surface area (Å²) in [6, 6.07) is 1.09. The van der Waals surface area contributed by atoms with Crippen LogP contribution in [0.1, 0.15) is 5.82 Å². The Hall–Kier alpha value is -2.37. The highest BCUT2D eigenvalue weighted by atomic mass is 32.2. The van der Waals surface area contributed by atoms with Gasteiger partial charge in [-0.15, -0.1) is 0 Å². The fraction of sp³-hybridized carbons (Fsp3) is 0.222. The molecular weight excluding hydrogens is 313 g/mol. The third-order valence-electron chi connectivity index (χ3n) is 2.12. The van der Waals surface area contributed by atoms with E-state index in [9.17, 15) is 22.8 Å². The van der Waals surface area contributed by atoms with Crippen LogP contribution in [0.5, 0.6) is 0 Å². The molecule has 0 aliphatic heterocycles. The highest BCUT2D eigenvalue weighted by Crippen LogP contribution is 2.30. The van der Waals surface area contributed by atoms with E-state index >= 15 is 0 Å². The fourth-order valence-electron chi connectivity index (χ4n) is 1.27. The number of nitrogens with two attached hydrogens (primary N) is 1. The van der Waals surface area contributed by atoms with Crippen LogP contribution < -0.4 is 16.9 Å². The maximum atomic E-state index is 12.6. The summed E-state index contributed by atoms with van der Waals surface area (Å²) < 4.78 is 38.8. The Morgan fingerprint density at radius 1 is 1.29 bits per heavy atom. The second-order valence-electron chi connectivity index (χ2n) is 3.75. The van der Waals surface area contributed by atoms with Crippen molar-refractivity contribution in [1.82, 2.24) is 24.7 Å². The summed E-state index contributed by atoms with van der Waals surface area (Å²) in [5, 5.41) is 1.94. The zero-order chi connectivity index (χ0) is 15.8. The number of halogens is 3. The van der Waals surface area contributed by atoms with Gasteiger partial charge >= 0.3 is 17.3 Å². The molecule has 0 fully saturated rings. The molecule has 2 heterocycles. The smallest absolute Gasteiger partial charge is 0.384 e. The average Bonchev–Trinajstić information content (AvgIpc) is 2.34. The highest BCUT2D eigenvalue weighted by Gasteiger charge is 2.35. The Bertz CT molecular complexity index is 799. The summed E-state index contributed by atoms with van der Waals surface area (Å²) in [7, 11) is 1.37. The van der Waals surface area contributed by atoms with Crippen LogP contribution in [0.2, 0.25) is 0 Å². The van der Waals surface area contributed by atoms with E-state index in [4.69, 9.17) is 5.73 Å². The molecule has 2 rings (SSSR count). The number of anilines is 1. The van der Waals surface area contributed by atoms with Crippen molar-refractivity contribution in [2.24, 2.45) is 7.05 Å². The lowest BCUT2D eigenvalue weighted by Crippen LogP contribution is -2.33. The Balaban J connectivity index is 2.45. The number of hydrogen-bond donors (Lipinski definition) is 2. The molecule has 8 nitrogen and oxygen atoms in total. The molecule has 112 valence electrons. The number of nitrogens with one attached hydrogen (secondary N) is 1. The SMILES string of the molecule is Cn1[nH]c(=O)c(=O)nc1Sc1cc(N)nc(C(F)(F)F)n1. The van der Waals surface area contributed by atoms with Gasteiger partial charge in [0.05, 0.1) is 0 Å². The predicted octanol–water partition coefficient (Wildman–Crippen LogP) is 0.0108. The Morgan fingerprint density at radius 2 is 1.95 bits per heavy atom. The molecule has 0 saturated carbocycles. The number of nitrogen functional groups attached to an aromatic ring is 1. The number of nitrogens with zero attached hydrogens (tertiary/aromatic N) is 4. The molecule has 0 atom stereocenters. The van der Waals surface area contributed by atoms with Crippen molar-refractivity contribution in [1.29, 1.82) is 0 Å². The van der Waals surface area contributed by atoms with Crippen LogP contribution in [0, 0.1) is 0 Å². The molecule has 0 amide bonds. The van der Waals surface area contributed by atoms with E-state index in [1.165, 1.54) is 7.05 Å². The maximum absolute atomic E-state index is 12.6. The second kappa shape index (κ2) is 5.20. The van der Waals surface area contributed by atoms with Crippen LogP contribution in [-0.2, 0) is 13.2 Å². The standard InChI is InChI=1S/C9H7F3N6O2S/c1-18-8(16-5(19)6(20)17-18)21-4-2-3(13)14-7(15-4)9(10,11)12/h2H,1H3,(H,17,20)(H2,13,14,15). The number of H-pyrrole nitrogens is 1. The molecular formula is C9H7F3N6O2S. The van der Waals surface area contributed by atoms with E-state index in [0.717, 1.165) is 10.7 Å². The van der Waals surface area contributed by atoms with Crippen LogP contribution in [0.25, 0.3) is 0 Å². The summed E-state index contributed by atoms with van der Waals surface area (Å²) >= 11 is 0.632. The van der Waals surface area contributed by atoms with Crippen molar-refractivity contribution >= 4 is 17.6 Å². The van der Waals surface area contributed by atoms with Gasteiger partial charge in [0.15, 0.2) is 5.16 Å². The Kier molecular flexibility index (Phi) is 3.72. The topological polar surface area (TPSA) is 120 Å². The minimum absolute atomic E-state index is 0.0502. The Morgan fingerprint density at radius 3 is 2.57 bits per heavy atom. The lowest BCUT2D eigenvalue weighted by atomic mass is 10.5. The number of aryl methyl sites for hydroxylation is 1. The van der Waals surface area contributed by atoms with E-state index in [0.29, 0.717) is 11.8 Å². The zero-order valence-corrected chi connectivity index (χ0v) is 11.1. The first-order valence-corrected chi connectivity index (χ1v) is 6.05. The van der Waals surface area contributed by atoms with Gasteiger partial charge in [0, 0.05) is 13.1 Å². The van der Waals surface area contributed by atoms with E-state index in [1.807, 2.05) is 0 Å². The van der Waals surface area contributed by atoms with Crippen LogP contribution in [0.4, 0.5) is 19.0 Å². The summed E-state index contributed by atoms with van der Waals surface area (Å²) in [4.78, 5) is 32.0. The number of rotatable bonds is 2. The van der Waals surface area contributed by atoms with Gasteiger partial charge in [0.2, 0.25) is 5.82 Å². The fourth-order valence-corrected chi connectivity index (χ4v) is 2.08. The molecule has 2 aromatic rings. The van der Waals surface area contributed by atoms with Crippen LogP contribution >= 0.6 is 11.8 Å². The predicted molar refractivity (Wildman–Crippen MR) is 65.7 cm³/mol. The van der Waals surface area contributed by atoms with E-state index in [1.54, 1.807) is 0 Å². The molecule has 0 aliphatic rings. The Labute approximate surface area is 118 Å². The van der Waals surface area contributed by atoms with Crippen LogP contribution in [0.3, 0.4) is 0 Å². The number of hydrogen-bond acceptors (Lipinski definition) is 7. The monoisotopic (exact) mass is 320 g/mol. The number of aromatic nitrogens is 5. The van der Waals surface area contributed by atoms with Crippen molar-refractivity contribution < 1.29 is 13.2 Å². The third-order valence-corrected chi connectivity index (χ3v) is 3.09. The summed E-state index contributed by atoms with van der Waals surface area (Å²) in [5.74, 6) is -1.78. The van der Waals surface area contributed by atoms with Gasteiger partial charge in [-0.05, 0) is 11.8 Å². The van der Waals surface area contributed by atoms with Gasteiger partial charge in [-0.3, -0.25) is 19.4 Å². The highest BCUT2D eigenvalue weighted by molar-refractivity contribution is 7.99. The number of aromatic amines is 1. The van der Waals surface area contributed by atoms with Gasteiger partial charge in [0.1, 0.15) is 10.8 Å². The maximum Gasteiger partial charge on any atom is 0.451 e. The van der Waals surface area contributed by atoms with Crippen molar-refractivity contribution in [3.05, 3.63) is 32.6 Å². The lowest BCUT2D eigenvalue weighted by Gasteiger charge is -2.09. The van der Waals surface area contributed by atoms with E-state index in [-0.39, 0.29) is 16.0 Å². The molecule has 0 bridgehead atoms. The summed E-state index contributed by atoms with van der Waals surface area (Å²) in [6.45, 7) is 0. The van der Waals surface area contributed by atoms with Gasteiger partial charge in [-0.1, -0.05) is 0 Å². The molecule has 3 N–H and O–H groups in total. The van der Waals surface area contributed by atoms with Crippen LogP contribution in [-0.4, -0.2) is 24.7 Å².